The van der Waals surface area contributed by atoms with Crippen LogP contribution in [0.1, 0.15) is 57.4 Å². The molecule has 34 heavy (non-hydrogen) atoms. The lowest BCUT2D eigenvalue weighted by Gasteiger charge is -2.33. The van der Waals surface area contributed by atoms with Gasteiger partial charge in [0.1, 0.15) is 6.04 Å². The Morgan fingerprint density at radius 1 is 1.03 bits per heavy atom. The summed E-state index contributed by atoms with van der Waals surface area (Å²) in [5.74, 6) is 0.477. The van der Waals surface area contributed by atoms with Gasteiger partial charge in [0.25, 0.3) is 0 Å². The quantitative estimate of drug-likeness (QED) is 0.319. The molecule has 0 aromatic heterocycles. The lowest BCUT2D eigenvalue weighted by Crippen LogP contribution is -2.51. The van der Waals surface area contributed by atoms with Crippen molar-refractivity contribution in [3.05, 3.63) is 63.1 Å². The highest BCUT2D eigenvalue weighted by molar-refractivity contribution is 7.99. The fourth-order valence-electron chi connectivity index (χ4n) is 4.23. The molecule has 4 nitrogen and oxygen atoms in total. The Hall–Kier alpha value is -1.40. The first-order valence-electron chi connectivity index (χ1n) is 11.8. The molecule has 1 aliphatic carbocycles. The van der Waals surface area contributed by atoms with E-state index < -0.39 is 6.04 Å². The molecule has 1 N–H and O–H groups in total. The molecule has 1 atom stereocenters. The van der Waals surface area contributed by atoms with Crippen LogP contribution in [0.2, 0.25) is 15.1 Å². The first kappa shape index (κ1) is 27.2. The van der Waals surface area contributed by atoms with Gasteiger partial charge in [-0.15, -0.1) is 11.8 Å². The third-order valence-corrected chi connectivity index (χ3v) is 8.08. The standard InChI is InChI=1S/C26H31Cl3N2O2S/c1-2-24(26(33)30-20-6-4-3-5-7-20)31(17-18-8-13-22(28)23(29)16-18)25(32)14-15-34-21-11-9-19(27)10-12-21/h8-13,16,20,24H,2-7,14-15,17H2,1H3,(H,30,33)/t24-/m0/s1. The van der Waals surface area contributed by atoms with Gasteiger partial charge in [0.15, 0.2) is 0 Å². The van der Waals surface area contributed by atoms with E-state index in [9.17, 15) is 9.59 Å². The van der Waals surface area contributed by atoms with Gasteiger partial charge in [0, 0.05) is 34.7 Å². The summed E-state index contributed by atoms with van der Waals surface area (Å²) in [4.78, 5) is 29.4. The number of nitrogens with one attached hydrogen (secondary N) is 1. The molecule has 0 aliphatic heterocycles. The zero-order valence-corrected chi connectivity index (χ0v) is 22.5. The van der Waals surface area contributed by atoms with Gasteiger partial charge in [0.05, 0.1) is 10.0 Å². The second kappa shape index (κ2) is 13.6. The van der Waals surface area contributed by atoms with Gasteiger partial charge in [0.2, 0.25) is 11.8 Å². The van der Waals surface area contributed by atoms with E-state index in [-0.39, 0.29) is 17.9 Å². The van der Waals surface area contributed by atoms with Crippen molar-refractivity contribution in [2.24, 2.45) is 0 Å². The summed E-state index contributed by atoms with van der Waals surface area (Å²) >= 11 is 19.9. The van der Waals surface area contributed by atoms with E-state index in [1.165, 1.54) is 6.42 Å². The number of carbonyl (C=O) groups excluding carboxylic acids is 2. The predicted octanol–water partition coefficient (Wildman–Crippen LogP) is 7.39. The van der Waals surface area contributed by atoms with Gasteiger partial charge >= 0.3 is 0 Å². The number of carbonyl (C=O) groups is 2. The fraction of sp³-hybridized carbons (Fsp3) is 0.462. The minimum absolute atomic E-state index is 0.0572. The van der Waals surface area contributed by atoms with Gasteiger partial charge in [-0.25, -0.2) is 0 Å². The largest absolute Gasteiger partial charge is 0.352 e. The molecule has 1 aliphatic rings. The van der Waals surface area contributed by atoms with E-state index in [1.807, 2.05) is 37.3 Å². The molecule has 8 heteroatoms. The van der Waals surface area contributed by atoms with Gasteiger partial charge in [-0.3, -0.25) is 9.59 Å². The zero-order valence-electron chi connectivity index (χ0n) is 19.4. The smallest absolute Gasteiger partial charge is 0.243 e. The lowest BCUT2D eigenvalue weighted by molar-refractivity contribution is -0.141. The summed E-state index contributed by atoms with van der Waals surface area (Å²) < 4.78 is 0. The van der Waals surface area contributed by atoms with Crippen LogP contribution in [0.4, 0.5) is 0 Å². The molecule has 3 rings (SSSR count). The molecule has 0 saturated heterocycles. The average molecular weight is 542 g/mol. The molecule has 2 aromatic carbocycles. The molecule has 0 spiro atoms. The summed E-state index contributed by atoms with van der Waals surface area (Å²) in [7, 11) is 0. The SMILES string of the molecule is CC[C@@H](C(=O)NC1CCCCC1)N(Cc1ccc(Cl)c(Cl)c1)C(=O)CCSc1ccc(Cl)cc1. The topological polar surface area (TPSA) is 49.4 Å². The number of hydrogen-bond donors (Lipinski definition) is 1. The summed E-state index contributed by atoms with van der Waals surface area (Å²) in [5, 5.41) is 4.78. The Kier molecular flexibility index (Phi) is 10.9. The molecule has 1 fully saturated rings. The van der Waals surface area contributed by atoms with Gasteiger partial charge < -0.3 is 10.2 Å². The number of thioether (sulfide) groups is 1. The van der Waals surface area contributed by atoms with Crippen molar-refractivity contribution >= 4 is 58.4 Å². The van der Waals surface area contributed by atoms with Crippen LogP contribution in [0.25, 0.3) is 0 Å². The van der Waals surface area contributed by atoms with Crippen LogP contribution in [0.15, 0.2) is 47.4 Å². The first-order chi connectivity index (χ1) is 16.4. The van der Waals surface area contributed by atoms with Crippen LogP contribution < -0.4 is 5.32 Å². The second-order valence-electron chi connectivity index (χ2n) is 8.59. The molecule has 2 amide bonds. The third-order valence-electron chi connectivity index (χ3n) is 6.07. The van der Waals surface area contributed by atoms with Crippen LogP contribution in [0.3, 0.4) is 0 Å². The van der Waals surface area contributed by atoms with E-state index >= 15 is 0 Å². The van der Waals surface area contributed by atoms with Gasteiger partial charge in [-0.05, 0) is 61.2 Å². The number of benzene rings is 2. The minimum atomic E-state index is -0.538. The van der Waals surface area contributed by atoms with Crippen LogP contribution in [-0.2, 0) is 16.1 Å². The van der Waals surface area contributed by atoms with Gasteiger partial charge in [-0.1, -0.05) is 67.1 Å². The van der Waals surface area contributed by atoms with Crippen molar-refractivity contribution in [2.75, 3.05) is 5.75 Å². The summed E-state index contributed by atoms with van der Waals surface area (Å²) in [5.41, 5.74) is 0.844. The molecule has 1 saturated carbocycles. The highest BCUT2D eigenvalue weighted by Gasteiger charge is 2.30. The normalized spacial score (nSPS) is 15.1. The van der Waals surface area contributed by atoms with E-state index in [2.05, 4.69) is 5.32 Å². The molecule has 184 valence electrons. The maximum atomic E-state index is 13.4. The summed E-state index contributed by atoms with van der Waals surface area (Å²) in [6, 6.07) is 12.6. The van der Waals surface area contributed by atoms with Crippen molar-refractivity contribution in [3.63, 3.8) is 0 Å². The van der Waals surface area contributed by atoms with Crippen molar-refractivity contribution < 1.29 is 9.59 Å². The van der Waals surface area contributed by atoms with Crippen molar-refractivity contribution in [1.29, 1.82) is 0 Å². The fourth-order valence-corrected chi connectivity index (χ4v) is 5.52. The van der Waals surface area contributed by atoms with E-state index in [4.69, 9.17) is 34.8 Å². The molecule has 0 bridgehead atoms. The van der Waals surface area contributed by atoms with Gasteiger partial charge in [-0.2, -0.15) is 0 Å². The van der Waals surface area contributed by atoms with Crippen molar-refractivity contribution in [2.45, 2.75) is 75.4 Å². The van der Waals surface area contributed by atoms with E-state index in [1.54, 1.807) is 28.8 Å². The van der Waals surface area contributed by atoms with Crippen molar-refractivity contribution in [3.8, 4) is 0 Å². The van der Waals surface area contributed by atoms with Crippen LogP contribution in [-0.4, -0.2) is 34.6 Å². The minimum Gasteiger partial charge on any atom is -0.352 e. The Balaban J connectivity index is 1.71. The molecule has 2 aromatic rings. The molecule has 0 heterocycles. The third kappa shape index (κ3) is 8.08. The number of hydrogen-bond acceptors (Lipinski definition) is 3. The van der Waals surface area contributed by atoms with Crippen LogP contribution in [0.5, 0.6) is 0 Å². The second-order valence-corrected chi connectivity index (χ2v) is 11.0. The zero-order chi connectivity index (χ0) is 24.5. The number of rotatable bonds is 10. The van der Waals surface area contributed by atoms with Crippen LogP contribution in [0, 0.1) is 0 Å². The summed E-state index contributed by atoms with van der Waals surface area (Å²) in [6.07, 6.45) is 6.35. The Morgan fingerprint density at radius 2 is 1.74 bits per heavy atom. The summed E-state index contributed by atoms with van der Waals surface area (Å²) in [6.45, 7) is 2.25. The molecular formula is C26H31Cl3N2O2S. The maximum Gasteiger partial charge on any atom is 0.243 e. The average Bonchev–Trinajstić information content (AvgIpc) is 2.83. The number of nitrogens with zero attached hydrogens (tertiary/aromatic N) is 1. The van der Waals surface area contributed by atoms with Crippen molar-refractivity contribution in [1.82, 2.24) is 10.2 Å². The van der Waals surface area contributed by atoms with E-state index in [0.717, 1.165) is 36.1 Å². The maximum absolute atomic E-state index is 13.4. The monoisotopic (exact) mass is 540 g/mol. The lowest BCUT2D eigenvalue weighted by atomic mass is 9.95. The highest BCUT2D eigenvalue weighted by atomic mass is 35.5. The predicted molar refractivity (Wildman–Crippen MR) is 143 cm³/mol. The van der Waals surface area contributed by atoms with E-state index in [0.29, 0.717) is 40.2 Å². The molecule has 0 radical (unpaired) electrons. The Bertz CT molecular complexity index is 965. The Labute approximate surface area is 221 Å². The van der Waals surface area contributed by atoms with Crippen LogP contribution >= 0.6 is 46.6 Å². The molecular weight excluding hydrogens is 511 g/mol. The Morgan fingerprint density at radius 3 is 2.38 bits per heavy atom. The number of amides is 2. The number of halogens is 3. The first-order valence-corrected chi connectivity index (χ1v) is 13.9. The molecule has 0 unspecified atom stereocenters. The highest BCUT2D eigenvalue weighted by Crippen LogP contribution is 2.26.